The van der Waals surface area contributed by atoms with Gasteiger partial charge in [0.2, 0.25) is 5.88 Å². The molecule has 0 saturated carbocycles. The van der Waals surface area contributed by atoms with E-state index in [-0.39, 0.29) is 24.4 Å². The minimum absolute atomic E-state index is 0.0636. The van der Waals surface area contributed by atoms with Crippen molar-refractivity contribution in [2.24, 2.45) is 0 Å². The third-order valence-corrected chi connectivity index (χ3v) is 6.21. The topological polar surface area (TPSA) is 70.8 Å². The molecule has 1 aliphatic heterocycles. The normalized spacial score (nSPS) is 14.6. The maximum atomic E-state index is 14.7. The van der Waals surface area contributed by atoms with Crippen molar-refractivity contribution in [1.82, 2.24) is 10.1 Å². The van der Waals surface area contributed by atoms with Gasteiger partial charge in [-0.3, -0.25) is 0 Å². The van der Waals surface area contributed by atoms with Crippen LogP contribution >= 0.6 is 0 Å². The molecule has 2 amide bonds. The van der Waals surface area contributed by atoms with Gasteiger partial charge in [0.15, 0.2) is 0 Å². The third kappa shape index (κ3) is 5.22. The summed E-state index contributed by atoms with van der Waals surface area (Å²) >= 11 is 0. The van der Waals surface area contributed by atoms with Crippen molar-refractivity contribution >= 4 is 17.6 Å². The summed E-state index contributed by atoms with van der Waals surface area (Å²) in [6.07, 6.45) is 0.758. The molecule has 1 atom stereocenters. The van der Waals surface area contributed by atoms with Crippen LogP contribution < -0.4 is 10.2 Å². The lowest BCUT2D eigenvalue weighted by atomic mass is 10.0. The molecule has 3 aromatic rings. The molecule has 8 heteroatoms. The number of anilines is 2. The third-order valence-electron chi connectivity index (χ3n) is 6.21. The van der Waals surface area contributed by atoms with Crippen molar-refractivity contribution in [3.8, 4) is 11.3 Å². The SMILES string of the molecule is CCC(C)N(Cc1c(-c2ccccc2F)noc1N1CCOCC1)C(=O)Nc1ccc(C)cc1. The van der Waals surface area contributed by atoms with Gasteiger partial charge in [0, 0.05) is 30.4 Å². The first kappa shape index (κ1) is 23.8. The average molecular weight is 467 g/mol. The van der Waals surface area contributed by atoms with Crippen molar-refractivity contribution < 1.29 is 18.4 Å². The predicted octanol–water partition coefficient (Wildman–Crippen LogP) is 5.46. The molecule has 1 N–H and O–H groups in total. The van der Waals surface area contributed by atoms with Gasteiger partial charge in [-0.15, -0.1) is 0 Å². The summed E-state index contributed by atoms with van der Waals surface area (Å²) in [5, 5.41) is 7.25. The molecule has 0 aliphatic carbocycles. The molecule has 1 unspecified atom stereocenters. The molecule has 1 aliphatic rings. The van der Waals surface area contributed by atoms with Gasteiger partial charge in [-0.1, -0.05) is 41.9 Å². The zero-order chi connectivity index (χ0) is 24.1. The Bertz CT molecular complexity index is 1110. The monoisotopic (exact) mass is 466 g/mol. The van der Waals surface area contributed by atoms with E-state index in [1.54, 1.807) is 23.1 Å². The van der Waals surface area contributed by atoms with Crippen LogP contribution in [0.3, 0.4) is 0 Å². The van der Waals surface area contributed by atoms with Crippen molar-refractivity contribution in [2.75, 3.05) is 36.5 Å². The van der Waals surface area contributed by atoms with Gasteiger partial charge in [0.25, 0.3) is 0 Å². The fourth-order valence-electron chi connectivity index (χ4n) is 3.97. The number of urea groups is 1. The Morgan fingerprint density at radius 2 is 1.88 bits per heavy atom. The highest BCUT2D eigenvalue weighted by molar-refractivity contribution is 5.89. The van der Waals surface area contributed by atoms with Crippen LogP contribution in [0.5, 0.6) is 0 Å². The summed E-state index contributed by atoms with van der Waals surface area (Å²) in [7, 11) is 0. The van der Waals surface area contributed by atoms with E-state index in [1.165, 1.54) is 6.07 Å². The van der Waals surface area contributed by atoms with E-state index in [4.69, 9.17) is 9.26 Å². The highest BCUT2D eigenvalue weighted by Gasteiger charge is 2.29. The summed E-state index contributed by atoms with van der Waals surface area (Å²) in [5.41, 5.74) is 3.29. The van der Waals surface area contributed by atoms with Crippen LogP contribution in [0.25, 0.3) is 11.3 Å². The van der Waals surface area contributed by atoms with E-state index in [2.05, 4.69) is 10.5 Å². The van der Waals surface area contributed by atoms with Gasteiger partial charge in [-0.05, 0) is 44.5 Å². The first-order valence-electron chi connectivity index (χ1n) is 11.7. The molecule has 7 nitrogen and oxygen atoms in total. The standard InChI is InChI=1S/C26H31FN4O3/c1-4-19(3)31(26(32)28-20-11-9-18(2)10-12-20)17-22-24(21-7-5-6-8-23(21)27)29-34-25(22)30-13-15-33-16-14-30/h5-12,19H,4,13-17H2,1-3H3,(H,28,32). The van der Waals surface area contributed by atoms with E-state index in [0.717, 1.165) is 17.7 Å². The fourth-order valence-corrected chi connectivity index (χ4v) is 3.97. The van der Waals surface area contributed by atoms with Gasteiger partial charge < -0.3 is 24.4 Å². The number of halogens is 1. The summed E-state index contributed by atoms with van der Waals surface area (Å²) in [6.45, 7) is 8.67. The van der Waals surface area contributed by atoms with E-state index in [9.17, 15) is 9.18 Å². The minimum atomic E-state index is -0.384. The molecule has 0 spiro atoms. The fraction of sp³-hybridized carbons (Fsp3) is 0.385. The van der Waals surface area contributed by atoms with Gasteiger partial charge in [-0.2, -0.15) is 0 Å². The van der Waals surface area contributed by atoms with Crippen LogP contribution in [0.15, 0.2) is 53.1 Å². The smallest absolute Gasteiger partial charge is 0.322 e. The van der Waals surface area contributed by atoms with E-state index < -0.39 is 0 Å². The van der Waals surface area contributed by atoms with Gasteiger partial charge in [-0.25, -0.2) is 9.18 Å². The summed E-state index contributed by atoms with van der Waals surface area (Å²) in [5.74, 6) is 0.169. The maximum Gasteiger partial charge on any atom is 0.322 e. The largest absolute Gasteiger partial charge is 0.378 e. The zero-order valence-corrected chi connectivity index (χ0v) is 19.9. The number of nitrogens with one attached hydrogen (secondary N) is 1. The Kier molecular flexibility index (Phi) is 7.47. The number of aryl methyl sites for hydroxylation is 1. The number of benzene rings is 2. The summed E-state index contributed by atoms with van der Waals surface area (Å²) < 4.78 is 26.0. The first-order chi connectivity index (χ1) is 16.5. The van der Waals surface area contributed by atoms with E-state index >= 15 is 0 Å². The molecule has 4 rings (SSSR count). The Morgan fingerprint density at radius 3 is 2.56 bits per heavy atom. The zero-order valence-electron chi connectivity index (χ0n) is 19.9. The van der Waals surface area contributed by atoms with Crippen LogP contribution in [0, 0.1) is 12.7 Å². The van der Waals surface area contributed by atoms with Crippen molar-refractivity contribution in [3.05, 3.63) is 65.5 Å². The maximum absolute atomic E-state index is 14.7. The number of rotatable bonds is 7. The number of ether oxygens (including phenoxy) is 1. The van der Waals surface area contributed by atoms with Crippen LogP contribution in [0.2, 0.25) is 0 Å². The number of carbonyl (C=O) groups is 1. The first-order valence-corrected chi connectivity index (χ1v) is 11.7. The van der Waals surface area contributed by atoms with Gasteiger partial charge >= 0.3 is 6.03 Å². The summed E-state index contributed by atoms with van der Waals surface area (Å²) in [4.78, 5) is 17.2. The number of hydrogen-bond acceptors (Lipinski definition) is 5. The average Bonchev–Trinajstić information content (AvgIpc) is 3.27. The number of aromatic nitrogens is 1. The Labute approximate surface area is 199 Å². The van der Waals surface area contributed by atoms with Gasteiger partial charge in [0.05, 0.1) is 25.3 Å². The van der Waals surface area contributed by atoms with Crippen LogP contribution in [-0.2, 0) is 11.3 Å². The van der Waals surface area contributed by atoms with E-state index in [0.29, 0.717) is 49.0 Å². The predicted molar refractivity (Wildman–Crippen MR) is 130 cm³/mol. The second-order valence-corrected chi connectivity index (χ2v) is 8.58. The number of morpholine rings is 1. The molecular formula is C26H31FN4O3. The molecule has 1 fully saturated rings. The van der Waals surface area contributed by atoms with Crippen LogP contribution in [0.1, 0.15) is 31.4 Å². The lowest BCUT2D eigenvalue weighted by molar-refractivity contribution is 0.119. The number of amides is 2. The Hall–Kier alpha value is -3.39. The second kappa shape index (κ2) is 10.7. The van der Waals surface area contributed by atoms with Crippen molar-refractivity contribution in [3.63, 3.8) is 0 Å². The Morgan fingerprint density at radius 1 is 1.18 bits per heavy atom. The number of carbonyl (C=O) groups excluding carboxylic acids is 1. The lowest BCUT2D eigenvalue weighted by Gasteiger charge is -2.31. The molecule has 34 heavy (non-hydrogen) atoms. The van der Waals surface area contributed by atoms with Crippen LogP contribution in [-0.4, -0.2) is 48.4 Å². The molecule has 1 saturated heterocycles. The highest BCUT2D eigenvalue weighted by atomic mass is 19.1. The quantitative estimate of drug-likeness (QED) is 0.501. The number of nitrogens with zero attached hydrogens (tertiary/aromatic N) is 3. The minimum Gasteiger partial charge on any atom is -0.378 e. The highest BCUT2D eigenvalue weighted by Crippen LogP contribution is 2.34. The Balaban J connectivity index is 1.70. The van der Waals surface area contributed by atoms with Crippen molar-refractivity contribution in [2.45, 2.75) is 39.8 Å². The van der Waals surface area contributed by atoms with E-state index in [1.807, 2.05) is 49.9 Å². The van der Waals surface area contributed by atoms with Gasteiger partial charge in [0.1, 0.15) is 11.5 Å². The molecular weight excluding hydrogens is 435 g/mol. The molecule has 0 radical (unpaired) electrons. The molecule has 2 aromatic carbocycles. The van der Waals surface area contributed by atoms with Crippen LogP contribution in [0.4, 0.5) is 20.8 Å². The molecule has 180 valence electrons. The molecule has 1 aromatic heterocycles. The second-order valence-electron chi connectivity index (χ2n) is 8.58. The molecule has 0 bridgehead atoms. The lowest BCUT2D eigenvalue weighted by Crippen LogP contribution is -2.41. The number of hydrogen-bond donors (Lipinski definition) is 1. The molecule has 2 heterocycles. The summed E-state index contributed by atoms with van der Waals surface area (Å²) in [6, 6.07) is 13.9. The van der Waals surface area contributed by atoms with Crippen molar-refractivity contribution in [1.29, 1.82) is 0 Å².